The van der Waals surface area contributed by atoms with Crippen molar-refractivity contribution in [2.24, 2.45) is 0 Å². The van der Waals surface area contributed by atoms with Gasteiger partial charge in [0.1, 0.15) is 0 Å². The summed E-state index contributed by atoms with van der Waals surface area (Å²) in [5.41, 5.74) is 0. The van der Waals surface area contributed by atoms with Crippen molar-refractivity contribution in [2.45, 2.75) is 76.9 Å². The van der Waals surface area contributed by atoms with E-state index >= 15 is 0 Å². The lowest BCUT2D eigenvalue weighted by atomic mass is 10.1. The summed E-state index contributed by atoms with van der Waals surface area (Å²) in [4.78, 5) is 2.25. The number of β-amino-alcohol motifs (C(OH)–C–C–N with tert-alkyl or cyclic N) is 1. The van der Waals surface area contributed by atoms with Gasteiger partial charge in [0.2, 0.25) is 0 Å². The fraction of sp³-hybridized carbons (Fsp3) is 1.00. The summed E-state index contributed by atoms with van der Waals surface area (Å²) in [6.07, 6.45) is 10.8. The molecule has 1 rings (SSSR count). The van der Waals surface area contributed by atoms with Crippen molar-refractivity contribution in [2.75, 3.05) is 32.8 Å². The Balaban J connectivity index is 1.84. The predicted molar refractivity (Wildman–Crippen MR) is 88.6 cm³/mol. The van der Waals surface area contributed by atoms with Crippen LogP contribution in [-0.4, -0.2) is 60.0 Å². The molecule has 1 fully saturated rings. The lowest BCUT2D eigenvalue weighted by Gasteiger charge is -2.21. The quantitative estimate of drug-likeness (QED) is 0.456. The number of likely N-dealkylation sites (tertiary alicyclic amines) is 1. The molecule has 0 bridgehead atoms. The molecule has 0 saturated carbocycles. The molecule has 0 aliphatic carbocycles. The van der Waals surface area contributed by atoms with Gasteiger partial charge in [-0.3, -0.25) is 4.90 Å². The first-order valence-corrected chi connectivity index (χ1v) is 9.01. The van der Waals surface area contributed by atoms with E-state index in [0.717, 1.165) is 26.1 Å². The third-order valence-electron chi connectivity index (χ3n) is 4.47. The standard InChI is InChI=1S/C17H36N2O2/c1-2-3-4-7-10-18-11-8-5-6-9-12-19-14-17(21)13-16(19)15-20/h16-18,20-21H,2-15H2,1H3/t16-,17?/m0/s1. The Labute approximate surface area is 130 Å². The summed E-state index contributed by atoms with van der Waals surface area (Å²) >= 11 is 0. The second-order valence-corrected chi connectivity index (χ2v) is 6.45. The highest BCUT2D eigenvalue weighted by Gasteiger charge is 2.29. The van der Waals surface area contributed by atoms with Gasteiger partial charge in [-0.1, -0.05) is 39.0 Å². The van der Waals surface area contributed by atoms with E-state index in [2.05, 4.69) is 17.1 Å². The Morgan fingerprint density at radius 3 is 2.33 bits per heavy atom. The second-order valence-electron chi connectivity index (χ2n) is 6.45. The Hall–Kier alpha value is -0.160. The summed E-state index contributed by atoms with van der Waals surface area (Å²) in [7, 11) is 0. The van der Waals surface area contributed by atoms with Crippen molar-refractivity contribution in [3.8, 4) is 0 Å². The van der Waals surface area contributed by atoms with E-state index in [1.54, 1.807) is 0 Å². The van der Waals surface area contributed by atoms with E-state index in [0.29, 0.717) is 0 Å². The largest absolute Gasteiger partial charge is 0.395 e. The van der Waals surface area contributed by atoms with Gasteiger partial charge in [-0.05, 0) is 45.3 Å². The third-order valence-corrected chi connectivity index (χ3v) is 4.47. The molecule has 126 valence electrons. The number of aliphatic hydroxyl groups is 2. The molecule has 1 aliphatic rings. The van der Waals surface area contributed by atoms with Crippen LogP contribution in [-0.2, 0) is 0 Å². The second kappa shape index (κ2) is 12.4. The van der Waals surface area contributed by atoms with Gasteiger partial charge in [-0.25, -0.2) is 0 Å². The molecule has 1 saturated heterocycles. The average molecular weight is 300 g/mol. The maximum absolute atomic E-state index is 9.62. The number of nitrogens with one attached hydrogen (secondary N) is 1. The Morgan fingerprint density at radius 2 is 1.67 bits per heavy atom. The Morgan fingerprint density at radius 1 is 1.00 bits per heavy atom. The van der Waals surface area contributed by atoms with Crippen molar-refractivity contribution >= 4 is 0 Å². The van der Waals surface area contributed by atoms with Crippen molar-refractivity contribution in [1.29, 1.82) is 0 Å². The van der Waals surface area contributed by atoms with Crippen LogP contribution in [0.4, 0.5) is 0 Å². The first-order valence-electron chi connectivity index (χ1n) is 9.01. The maximum Gasteiger partial charge on any atom is 0.0683 e. The molecule has 0 aromatic rings. The van der Waals surface area contributed by atoms with Gasteiger partial charge < -0.3 is 15.5 Å². The first-order chi connectivity index (χ1) is 10.3. The van der Waals surface area contributed by atoms with E-state index in [9.17, 15) is 10.2 Å². The summed E-state index contributed by atoms with van der Waals surface area (Å²) in [5, 5.41) is 22.4. The number of unbranched alkanes of at least 4 members (excludes halogenated alkanes) is 6. The molecule has 1 aliphatic heterocycles. The highest BCUT2D eigenvalue weighted by Crippen LogP contribution is 2.18. The van der Waals surface area contributed by atoms with E-state index < -0.39 is 0 Å². The van der Waals surface area contributed by atoms with Crippen LogP contribution in [0.25, 0.3) is 0 Å². The van der Waals surface area contributed by atoms with Gasteiger partial charge in [0, 0.05) is 12.6 Å². The summed E-state index contributed by atoms with van der Waals surface area (Å²) in [6, 6.07) is 0.185. The Bertz CT molecular complexity index is 239. The third kappa shape index (κ3) is 8.77. The minimum Gasteiger partial charge on any atom is -0.395 e. The molecule has 0 aromatic carbocycles. The topological polar surface area (TPSA) is 55.7 Å². The lowest BCUT2D eigenvalue weighted by molar-refractivity contribution is 0.153. The summed E-state index contributed by atoms with van der Waals surface area (Å²) in [6.45, 7) is 6.51. The van der Waals surface area contributed by atoms with Crippen LogP contribution in [0.2, 0.25) is 0 Å². The molecule has 2 atom stereocenters. The minimum absolute atomic E-state index is 0.180. The van der Waals surface area contributed by atoms with Gasteiger partial charge in [0.15, 0.2) is 0 Å². The molecule has 4 heteroatoms. The van der Waals surface area contributed by atoms with E-state index in [-0.39, 0.29) is 18.8 Å². The Kier molecular flexibility index (Phi) is 11.1. The average Bonchev–Trinajstić information content (AvgIpc) is 2.85. The molecule has 1 heterocycles. The molecular formula is C17H36N2O2. The highest BCUT2D eigenvalue weighted by atomic mass is 16.3. The predicted octanol–water partition coefficient (Wildman–Crippen LogP) is 2.14. The number of hydrogen-bond acceptors (Lipinski definition) is 4. The van der Waals surface area contributed by atoms with E-state index in [4.69, 9.17) is 0 Å². The zero-order chi connectivity index (χ0) is 15.3. The first kappa shape index (κ1) is 18.9. The number of aliphatic hydroxyl groups excluding tert-OH is 2. The van der Waals surface area contributed by atoms with Crippen LogP contribution in [0, 0.1) is 0 Å². The van der Waals surface area contributed by atoms with Crippen LogP contribution >= 0.6 is 0 Å². The molecule has 0 spiro atoms. The van der Waals surface area contributed by atoms with Gasteiger partial charge in [-0.2, -0.15) is 0 Å². The monoisotopic (exact) mass is 300 g/mol. The van der Waals surface area contributed by atoms with Crippen LogP contribution in [0.15, 0.2) is 0 Å². The SMILES string of the molecule is CCCCCCNCCCCCCN1CC(O)C[C@H]1CO. The smallest absolute Gasteiger partial charge is 0.0683 e. The number of hydrogen-bond donors (Lipinski definition) is 3. The molecule has 0 amide bonds. The van der Waals surface area contributed by atoms with Crippen LogP contribution < -0.4 is 5.32 Å². The van der Waals surface area contributed by atoms with E-state index in [1.165, 1.54) is 57.9 Å². The molecule has 0 aromatic heterocycles. The number of rotatable bonds is 13. The van der Waals surface area contributed by atoms with Gasteiger partial charge in [-0.15, -0.1) is 0 Å². The van der Waals surface area contributed by atoms with Gasteiger partial charge in [0.05, 0.1) is 12.7 Å². The molecule has 1 unspecified atom stereocenters. The van der Waals surface area contributed by atoms with Crippen molar-refractivity contribution in [3.63, 3.8) is 0 Å². The zero-order valence-electron chi connectivity index (χ0n) is 13.9. The van der Waals surface area contributed by atoms with Crippen molar-refractivity contribution in [3.05, 3.63) is 0 Å². The van der Waals surface area contributed by atoms with Gasteiger partial charge >= 0.3 is 0 Å². The fourth-order valence-electron chi connectivity index (χ4n) is 3.14. The van der Waals surface area contributed by atoms with Crippen molar-refractivity contribution < 1.29 is 10.2 Å². The summed E-state index contributed by atoms with van der Waals surface area (Å²) < 4.78 is 0. The zero-order valence-corrected chi connectivity index (χ0v) is 13.9. The van der Waals surface area contributed by atoms with Crippen LogP contribution in [0.5, 0.6) is 0 Å². The molecule has 21 heavy (non-hydrogen) atoms. The fourth-order valence-corrected chi connectivity index (χ4v) is 3.14. The molecular weight excluding hydrogens is 264 g/mol. The van der Waals surface area contributed by atoms with Crippen molar-refractivity contribution in [1.82, 2.24) is 10.2 Å². The normalized spacial score (nSPS) is 23.0. The summed E-state index contributed by atoms with van der Waals surface area (Å²) in [5.74, 6) is 0. The maximum atomic E-state index is 9.62. The highest BCUT2D eigenvalue weighted by molar-refractivity contribution is 4.84. The van der Waals surface area contributed by atoms with Gasteiger partial charge in [0.25, 0.3) is 0 Å². The molecule has 0 radical (unpaired) electrons. The van der Waals surface area contributed by atoms with Crippen LogP contribution in [0.3, 0.4) is 0 Å². The lowest BCUT2D eigenvalue weighted by Crippen LogP contribution is -2.33. The minimum atomic E-state index is -0.237. The van der Waals surface area contributed by atoms with E-state index in [1.807, 2.05) is 0 Å². The van der Waals surface area contributed by atoms with Crippen LogP contribution in [0.1, 0.15) is 64.7 Å². The molecule has 3 N–H and O–H groups in total. The number of nitrogens with zero attached hydrogens (tertiary/aromatic N) is 1. The molecule has 4 nitrogen and oxygen atoms in total.